The molecule has 0 atom stereocenters. The van der Waals surface area contributed by atoms with Gasteiger partial charge in [-0.1, -0.05) is 32.6 Å². The van der Waals surface area contributed by atoms with Crippen LogP contribution in [0.1, 0.15) is 38.1 Å². The third kappa shape index (κ3) is 5.53. The number of hydrogen-bond donors (Lipinski definition) is 0. The Morgan fingerprint density at radius 1 is 1.22 bits per heavy atom. The zero-order chi connectivity index (χ0) is 16.7. The van der Waals surface area contributed by atoms with Gasteiger partial charge in [0.2, 0.25) is 11.8 Å². The molecule has 0 spiro atoms. The molecule has 0 saturated heterocycles. The third-order valence-electron chi connectivity index (χ3n) is 3.41. The summed E-state index contributed by atoms with van der Waals surface area (Å²) >= 11 is 0. The summed E-state index contributed by atoms with van der Waals surface area (Å²) in [6, 6.07) is 8.14. The topological polar surface area (TPSA) is 51.4 Å². The molecule has 5 nitrogen and oxygen atoms in total. The van der Waals surface area contributed by atoms with E-state index < -0.39 is 0 Å². The quantitative estimate of drug-likeness (QED) is 0.662. The Bertz CT molecular complexity index is 637. The van der Waals surface area contributed by atoms with Crippen molar-refractivity contribution in [2.75, 3.05) is 13.2 Å². The fourth-order valence-corrected chi connectivity index (χ4v) is 2.16. The minimum atomic E-state index is 0.544. The molecule has 1 aromatic carbocycles. The molecule has 1 heterocycles. The zero-order valence-corrected chi connectivity index (χ0v) is 14.2. The minimum absolute atomic E-state index is 0.544. The van der Waals surface area contributed by atoms with Crippen molar-refractivity contribution in [3.8, 4) is 5.75 Å². The van der Waals surface area contributed by atoms with Crippen LogP contribution in [0.25, 0.3) is 0 Å². The molecule has 0 aliphatic carbocycles. The van der Waals surface area contributed by atoms with Gasteiger partial charge >= 0.3 is 0 Å². The lowest BCUT2D eigenvalue weighted by Gasteiger charge is -2.18. The molecule has 0 amide bonds. The van der Waals surface area contributed by atoms with Crippen LogP contribution in [-0.2, 0) is 19.5 Å². The Morgan fingerprint density at radius 3 is 2.65 bits per heavy atom. The van der Waals surface area contributed by atoms with E-state index in [2.05, 4.69) is 40.7 Å². The minimum Gasteiger partial charge on any atom is -0.489 e. The highest BCUT2D eigenvalue weighted by molar-refractivity contribution is 5.28. The largest absolute Gasteiger partial charge is 0.489 e. The first-order chi connectivity index (χ1) is 11.1. The Balaban J connectivity index is 1.97. The van der Waals surface area contributed by atoms with Crippen LogP contribution in [0.4, 0.5) is 0 Å². The molecule has 23 heavy (non-hydrogen) atoms. The van der Waals surface area contributed by atoms with Crippen LogP contribution in [-0.4, -0.2) is 28.2 Å². The number of benzene rings is 1. The molecule has 0 saturated carbocycles. The highest BCUT2D eigenvalue weighted by Gasteiger charge is 2.11. The number of hydrogen-bond acceptors (Lipinski definition) is 5. The second-order valence-electron chi connectivity index (χ2n) is 5.64. The Hall–Kier alpha value is -2.14. The van der Waals surface area contributed by atoms with E-state index in [1.54, 1.807) is 0 Å². The van der Waals surface area contributed by atoms with Crippen LogP contribution >= 0.6 is 0 Å². The van der Waals surface area contributed by atoms with Crippen LogP contribution in [0.5, 0.6) is 5.75 Å². The maximum absolute atomic E-state index is 5.70. The zero-order valence-electron chi connectivity index (χ0n) is 14.2. The maximum Gasteiger partial charge on any atom is 0.230 e. The summed E-state index contributed by atoms with van der Waals surface area (Å²) in [5, 5.41) is 8.10. The normalized spacial score (nSPS) is 11.0. The second kappa shape index (κ2) is 8.48. The number of aryl methyl sites for hydroxylation is 1. The van der Waals surface area contributed by atoms with Crippen LogP contribution in [0.2, 0.25) is 0 Å². The second-order valence-corrected chi connectivity index (χ2v) is 5.64. The van der Waals surface area contributed by atoms with Crippen molar-refractivity contribution >= 4 is 0 Å². The number of nitrogens with zero attached hydrogens (tertiary/aromatic N) is 3. The predicted molar refractivity (Wildman–Crippen MR) is 90.2 cm³/mol. The molecule has 2 rings (SSSR count). The van der Waals surface area contributed by atoms with E-state index in [0.29, 0.717) is 24.9 Å². The van der Waals surface area contributed by atoms with Gasteiger partial charge in [0.25, 0.3) is 0 Å². The van der Waals surface area contributed by atoms with E-state index in [0.717, 1.165) is 30.8 Å². The number of aromatic nitrogens is 2. The van der Waals surface area contributed by atoms with Gasteiger partial charge in [-0.25, -0.2) is 0 Å². The van der Waals surface area contributed by atoms with Crippen molar-refractivity contribution in [1.29, 1.82) is 0 Å². The van der Waals surface area contributed by atoms with Crippen molar-refractivity contribution in [3.05, 3.63) is 53.8 Å². The molecule has 5 heteroatoms. The van der Waals surface area contributed by atoms with Crippen LogP contribution in [0.15, 0.2) is 40.8 Å². The summed E-state index contributed by atoms with van der Waals surface area (Å²) in [6.07, 6.45) is 0.765. The van der Waals surface area contributed by atoms with Crippen molar-refractivity contribution in [1.82, 2.24) is 15.1 Å². The Labute approximate surface area is 138 Å². The summed E-state index contributed by atoms with van der Waals surface area (Å²) < 4.78 is 11.3. The molecular weight excluding hydrogens is 290 g/mol. The van der Waals surface area contributed by atoms with Crippen LogP contribution in [0.3, 0.4) is 0 Å². The molecule has 0 bridgehead atoms. The molecule has 0 aliphatic rings. The lowest BCUT2D eigenvalue weighted by molar-refractivity contribution is 0.239. The van der Waals surface area contributed by atoms with Gasteiger partial charge in [0.1, 0.15) is 12.4 Å². The van der Waals surface area contributed by atoms with Crippen molar-refractivity contribution in [2.24, 2.45) is 0 Å². The molecular formula is C18H25N3O2. The van der Waals surface area contributed by atoms with Crippen molar-refractivity contribution in [2.45, 2.75) is 40.3 Å². The van der Waals surface area contributed by atoms with E-state index >= 15 is 0 Å². The molecule has 2 aromatic rings. The molecule has 0 N–H and O–H groups in total. The summed E-state index contributed by atoms with van der Waals surface area (Å²) in [7, 11) is 0. The van der Waals surface area contributed by atoms with E-state index in [9.17, 15) is 0 Å². The van der Waals surface area contributed by atoms with Gasteiger partial charge in [0.05, 0.1) is 6.54 Å². The van der Waals surface area contributed by atoms with Gasteiger partial charge in [-0.15, -0.1) is 10.2 Å². The standard InChI is InChI=1S/C18H25N3O2/c1-5-17-19-20-18(23-17)12-21(6-2)11-15-8-7-9-16(10-15)22-13-14(3)4/h7-10H,3,5-6,11-13H2,1-2,4H3. The summed E-state index contributed by atoms with van der Waals surface area (Å²) in [4.78, 5) is 2.25. The van der Waals surface area contributed by atoms with E-state index in [1.807, 2.05) is 26.0 Å². The van der Waals surface area contributed by atoms with Crippen LogP contribution in [0, 0.1) is 0 Å². The lowest BCUT2D eigenvalue weighted by Crippen LogP contribution is -2.22. The summed E-state index contributed by atoms with van der Waals surface area (Å²) in [5.41, 5.74) is 2.20. The Kier molecular flexibility index (Phi) is 6.35. The number of ether oxygens (including phenoxy) is 1. The smallest absolute Gasteiger partial charge is 0.230 e. The monoisotopic (exact) mass is 315 g/mol. The first-order valence-electron chi connectivity index (χ1n) is 8.00. The first-order valence-corrected chi connectivity index (χ1v) is 8.00. The van der Waals surface area contributed by atoms with Gasteiger partial charge in [0.15, 0.2) is 0 Å². The SMILES string of the molecule is C=C(C)COc1cccc(CN(CC)Cc2nnc(CC)o2)c1. The average Bonchev–Trinajstić information content (AvgIpc) is 3.00. The van der Waals surface area contributed by atoms with Gasteiger partial charge in [-0.3, -0.25) is 4.90 Å². The van der Waals surface area contributed by atoms with E-state index in [4.69, 9.17) is 9.15 Å². The Morgan fingerprint density at radius 2 is 2.00 bits per heavy atom. The van der Waals surface area contributed by atoms with E-state index in [-0.39, 0.29) is 0 Å². The van der Waals surface area contributed by atoms with Gasteiger partial charge in [0, 0.05) is 13.0 Å². The van der Waals surface area contributed by atoms with Gasteiger partial charge in [-0.2, -0.15) is 0 Å². The molecule has 0 aliphatic heterocycles. The average molecular weight is 315 g/mol. The fourth-order valence-electron chi connectivity index (χ4n) is 2.16. The molecule has 124 valence electrons. The predicted octanol–water partition coefficient (Wildman–Crippen LogP) is 3.61. The molecule has 0 fully saturated rings. The summed E-state index contributed by atoms with van der Waals surface area (Å²) in [5.74, 6) is 2.22. The third-order valence-corrected chi connectivity index (χ3v) is 3.41. The van der Waals surface area contributed by atoms with Gasteiger partial charge in [-0.05, 0) is 36.7 Å². The maximum atomic E-state index is 5.70. The summed E-state index contributed by atoms with van der Waals surface area (Å²) in [6.45, 7) is 12.8. The highest BCUT2D eigenvalue weighted by atomic mass is 16.5. The number of rotatable bonds is 9. The molecule has 0 unspecified atom stereocenters. The molecule has 0 radical (unpaired) electrons. The highest BCUT2D eigenvalue weighted by Crippen LogP contribution is 2.16. The van der Waals surface area contributed by atoms with Crippen molar-refractivity contribution < 1.29 is 9.15 Å². The first kappa shape index (κ1) is 17.2. The van der Waals surface area contributed by atoms with Gasteiger partial charge < -0.3 is 9.15 Å². The molecule has 1 aromatic heterocycles. The van der Waals surface area contributed by atoms with Crippen LogP contribution < -0.4 is 4.74 Å². The fraction of sp³-hybridized carbons (Fsp3) is 0.444. The van der Waals surface area contributed by atoms with E-state index in [1.165, 1.54) is 5.56 Å². The van der Waals surface area contributed by atoms with Crippen molar-refractivity contribution in [3.63, 3.8) is 0 Å². The lowest BCUT2D eigenvalue weighted by atomic mass is 10.2.